The zero-order chi connectivity index (χ0) is 20.3. The van der Waals surface area contributed by atoms with Crippen molar-refractivity contribution in [1.82, 2.24) is 30.3 Å². The predicted octanol–water partition coefficient (Wildman–Crippen LogP) is 3.41. The summed E-state index contributed by atoms with van der Waals surface area (Å²) in [5, 5.41) is 12.0. The lowest BCUT2D eigenvalue weighted by molar-refractivity contribution is 0.0937. The minimum atomic E-state index is -0.231. The van der Waals surface area contributed by atoms with Crippen molar-refractivity contribution in [2.24, 2.45) is 0 Å². The minimum absolute atomic E-state index is 0.0142. The third kappa shape index (κ3) is 4.75. The molecule has 0 radical (unpaired) electrons. The molecule has 0 aliphatic rings. The summed E-state index contributed by atoms with van der Waals surface area (Å²) in [6.07, 6.45) is 0. The van der Waals surface area contributed by atoms with Gasteiger partial charge in [0.25, 0.3) is 5.91 Å². The van der Waals surface area contributed by atoms with Crippen LogP contribution in [0.2, 0.25) is 0 Å². The van der Waals surface area contributed by atoms with Crippen LogP contribution in [0.25, 0.3) is 5.69 Å². The number of aromatic nitrogens is 5. The molecule has 1 N–H and O–H groups in total. The Morgan fingerprint density at radius 2 is 1.75 bits per heavy atom. The summed E-state index contributed by atoms with van der Waals surface area (Å²) in [6, 6.07) is 9.90. The molecular weight excluding hydrogens is 372 g/mol. The Balaban J connectivity index is 1.96. The molecule has 0 atom stereocenters. The fourth-order valence-electron chi connectivity index (χ4n) is 2.72. The summed E-state index contributed by atoms with van der Waals surface area (Å²) in [6.45, 7) is 9.75. The first-order valence-corrected chi connectivity index (χ1v) is 10.1. The van der Waals surface area contributed by atoms with Gasteiger partial charge in [0.15, 0.2) is 10.9 Å². The number of rotatable bonds is 6. The second-order valence-electron chi connectivity index (χ2n) is 6.98. The zero-order valence-corrected chi connectivity index (χ0v) is 17.5. The molecule has 1 aromatic carbocycles. The number of benzene rings is 1. The van der Waals surface area contributed by atoms with Crippen LogP contribution in [0.1, 0.15) is 47.0 Å². The van der Waals surface area contributed by atoms with E-state index in [9.17, 15) is 4.79 Å². The van der Waals surface area contributed by atoms with Gasteiger partial charge in [-0.25, -0.2) is 14.6 Å². The Bertz CT molecular complexity index is 961. The summed E-state index contributed by atoms with van der Waals surface area (Å²) in [4.78, 5) is 21.6. The molecule has 0 aliphatic heterocycles. The summed E-state index contributed by atoms with van der Waals surface area (Å²) in [5.74, 6) is 0.246. The lowest BCUT2D eigenvalue weighted by Gasteiger charge is -2.10. The van der Waals surface area contributed by atoms with Gasteiger partial charge in [-0.2, -0.15) is 0 Å². The molecular formula is C20H24N6OS. The zero-order valence-electron chi connectivity index (χ0n) is 16.7. The Kier molecular flexibility index (Phi) is 6.08. The molecule has 3 aromatic rings. The highest BCUT2D eigenvalue weighted by molar-refractivity contribution is 7.98. The van der Waals surface area contributed by atoms with Crippen LogP contribution >= 0.6 is 11.8 Å². The Labute approximate surface area is 169 Å². The normalized spacial score (nSPS) is 11.1. The number of hydrogen-bond donors (Lipinski definition) is 1. The molecule has 0 bridgehead atoms. The quantitative estimate of drug-likeness (QED) is 0.508. The van der Waals surface area contributed by atoms with E-state index in [1.807, 2.05) is 65.0 Å². The second kappa shape index (κ2) is 8.52. The SMILES string of the molecule is Cc1ccc(-n2nnc(C(=O)NC(C)C)c2CSc2nc(C)cc(C)n2)cc1. The summed E-state index contributed by atoms with van der Waals surface area (Å²) >= 11 is 1.47. The highest BCUT2D eigenvalue weighted by Crippen LogP contribution is 2.24. The van der Waals surface area contributed by atoms with Crippen molar-refractivity contribution in [3.8, 4) is 5.69 Å². The Morgan fingerprint density at radius 3 is 2.36 bits per heavy atom. The first-order valence-electron chi connectivity index (χ1n) is 9.11. The molecule has 3 rings (SSSR count). The number of thioether (sulfide) groups is 1. The first kappa shape index (κ1) is 20.0. The van der Waals surface area contributed by atoms with Gasteiger partial charge in [-0.05, 0) is 52.8 Å². The van der Waals surface area contributed by atoms with Crippen molar-refractivity contribution >= 4 is 17.7 Å². The average Bonchev–Trinajstić information content (AvgIpc) is 3.03. The van der Waals surface area contributed by atoms with Crippen molar-refractivity contribution in [1.29, 1.82) is 0 Å². The summed E-state index contributed by atoms with van der Waals surface area (Å²) in [5.41, 5.74) is 4.89. The van der Waals surface area contributed by atoms with Gasteiger partial charge in [0.1, 0.15) is 0 Å². The predicted molar refractivity (Wildman–Crippen MR) is 110 cm³/mol. The van der Waals surface area contributed by atoms with E-state index in [4.69, 9.17) is 0 Å². The first-order chi connectivity index (χ1) is 13.3. The molecule has 0 unspecified atom stereocenters. The van der Waals surface area contributed by atoms with E-state index in [1.54, 1.807) is 4.68 Å². The number of nitrogens with one attached hydrogen (secondary N) is 1. The van der Waals surface area contributed by atoms with E-state index in [0.29, 0.717) is 16.6 Å². The van der Waals surface area contributed by atoms with E-state index in [2.05, 4.69) is 25.6 Å². The molecule has 0 saturated carbocycles. The van der Waals surface area contributed by atoms with E-state index in [0.717, 1.165) is 28.3 Å². The number of carbonyl (C=O) groups excluding carboxylic acids is 1. The van der Waals surface area contributed by atoms with Gasteiger partial charge in [0.05, 0.1) is 11.4 Å². The summed E-state index contributed by atoms with van der Waals surface area (Å²) < 4.78 is 1.71. The van der Waals surface area contributed by atoms with Crippen LogP contribution < -0.4 is 5.32 Å². The number of hydrogen-bond acceptors (Lipinski definition) is 6. The van der Waals surface area contributed by atoms with Gasteiger partial charge < -0.3 is 5.32 Å². The lowest BCUT2D eigenvalue weighted by Crippen LogP contribution is -2.31. The number of carbonyl (C=O) groups is 1. The van der Waals surface area contributed by atoms with Crippen LogP contribution in [0, 0.1) is 20.8 Å². The standard InChI is InChI=1S/C20H24N6OS/c1-12(2)21-19(27)18-17(11-28-20-22-14(4)10-15(5)23-20)26(25-24-18)16-8-6-13(3)7-9-16/h6-10,12H,11H2,1-5H3,(H,21,27). The van der Waals surface area contributed by atoms with E-state index < -0.39 is 0 Å². The number of amides is 1. The van der Waals surface area contributed by atoms with Crippen molar-refractivity contribution in [3.63, 3.8) is 0 Å². The van der Waals surface area contributed by atoms with Crippen LogP contribution in [0.3, 0.4) is 0 Å². The summed E-state index contributed by atoms with van der Waals surface area (Å²) in [7, 11) is 0. The number of nitrogens with zero attached hydrogens (tertiary/aromatic N) is 5. The average molecular weight is 397 g/mol. The van der Waals surface area contributed by atoms with Crippen LogP contribution in [-0.4, -0.2) is 36.9 Å². The maximum atomic E-state index is 12.6. The Morgan fingerprint density at radius 1 is 1.11 bits per heavy atom. The third-order valence-electron chi connectivity index (χ3n) is 3.98. The maximum Gasteiger partial charge on any atom is 0.274 e. The van der Waals surface area contributed by atoms with Crippen molar-refractivity contribution in [2.75, 3.05) is 0 Å². The molecule has 8 heteroatoms. The van der Waals surface area contributed by atoms with Gasteiger partial charge in [-0.3, -0.25) is 4.79 Å². The van der Waals surface area contributed by atoms with Crippen molar-refractivity contribution in [3.05, 3.63) is 58.7 Å². The molecule has 0 spiro atoms. The Hall–Kier alpha value is -2.74. The van der Waals surface area contributed by atoms with Crippen LogP contribution in [0.5, 0.6) is 0 Å². The van der Waals surface area contributed by atoms with Gasteiger partial charge in [-0.1, -0.05) is 34.7 Å². The van der Waals surface area contributed by atoms with Gasteiger partial charge in [0.2, 0.25) is 0 Å². The smallest absolute Gasteiger partial charge is 0.274 e. The molecule has 0 fully saturated rings. The molecule has 146 valence electrons. The topological polar surface area (TPSA) is 85.6 Å². The fraction of sp³-hybridized carbons (Fsp3) is 0.350. The van der Waals surface area contributed by atoms with Crippen molar-refractivity contribution in [2.45, 2.75) is 51.6 Å². The molecule has 0 aliphatic carbocycles. The van der Waals surface area contributed by atoms with Crippen molar-refractivity contribution < 1.29 is 4.79 Å². The molecule has 28 heavy (non-hydrogen) atoms. The highest BCUT2D eigenvalue weighted by Gasteiger charge is 2.21. The molecule has 7 nitrogen and oxygen atoms in total. The molecule has 1 amide bonds. The molecule has 2 aromatic heterocycles. The van der Waals surface area contributed by atoms with E-state index in [1.165, 1.54) is 11.8 Å². The largest absolute Gasteiger partial charge is 0.348 e. The fourth-order valence-corrected chi connectivity index (χ4v) is 3.66. The van der Waals surface area contributed by atoms with Crippen LogP contribution in [0.4, 0.5) is 0 Å². The van der Waals surface area contributed by atoms with Crippen LogP contribution in [0.15, 0.2) is 35.5 Å². The monoisotopic (exact) mass is 396 g/mol. The third-order valence-corrected chi connectivity index (χ3v) is 4.83. The van der Waals surface area contributed by atoms with Crippen LogP contribution in [-0.2, 0) is 5.75 Å². The lowest BCUT2D eigenvalue weighted by atomic mass is 10.2. The second-order valence-corrected chi connectivity index (χ2v) is 7.92. The van der Waals surface area contributed by atoms with E-state index in [-0.39, 0.29) is 11.9 Å². The van der Waals surface area contributed by atoms with Gasteiger partial charge in [-0.15, -0.1) is 5.10 Å². The highest BCUT2D eigenvalue weighted by atomic mass is 32.2. The van der Waals surface area contributed by atoms with Gasteiger partial charge in [0, 0.05) is 23.2 Å². The number of aryl methyl sites for hydroxylation is 3. The molecule has 2 heterocycles. The maximum absolute atomic E-state index is 12.6. The minimum Gasteiger partial charge on any atom is -0.348 e. The van der Waals surface area contributed by atoms with E-state index >= 15 is 0 Å². The van der Waals surface area contributed by atoms with Gasteiger partial charge >= 0.3 is 0 Å². The molecule has 0 saturated heterocycles.